The van der Waals surface area contributed by atoms with E-state index >= 15 is 0 Å². The number of hydrogen-bond acceptors (Lipinski definition) is 5. The highest BCUT2D eigenvalue weighted by atomic mass is 19.2. The summed E-state index contributed by atoms with van der Waals surface area (Å²) in [6, 6.07) is 0. The lowest BCUT2D eigenvalue weighted by Crippen LogP contribution is -2.14. The molecular weight excluding hydrogens is 389 g/mol. The average Bonchev–Trinajstić information content (AvgIpc) is 3.22. The molecule has 0 amide bonds. The van der Waals surface area contributed by atoms with Crippen LogP contribution in [0.4, 0.5) is 13.2 Å². The van der Waals surface area contributed by atoms with Crippen molar-refractivity contribution in [3.05, 3.63) is 45.8 Å². The first-order valence-corrected chi connectivity index (χ1v) is 9.06. The normalized spacial score (nSPS) is 20.4. The van der Waals surface area contributed by atoms with E-state index in [2.05, 4.69) is 4.74 Å². The first-order chi connectivity index (χ1) is 13.5. The lowest BCUT2D eigenvalue weighted by atomic mass is 10.0. The summed E-state index contributed by atoms with van der Waals surface area (Å²) in [6.07, 6.45) is 1.64. The number of rotatable bonds is 7. The molecule has 0 radical (unpaired) electrons. The van der Waals surface area contributed by atoms with Gasteiger partial charge in [0, 0.05) is 18.2 Å². The van der Waals surface area contributed by atoms with Gasteiger partial charge in [0.25, 0.3) is 0 Å². The van der Waals surface area contributed by atoms with E-state index in [0.29, 0.717) is 5.57 Å². The van der Waals surface area contributed by atoms with Crippen molar-refractivity contribution in [2.45, 2.75) is 40.9 Å². The van der Waals surface area contributed by atoms with Crippen molar-refractivity contribution in [1.82, 2.24) is 0 Å². The molecular formula is C21H25F3O5. The van der Waals surface area contributed by atoms with Gasteiger partial charge < -0.3 is 14.2 Å². The Hall–Kier alpha value is -2.35. The molecule has 1 aromatic carbocycles. The number of carbonyl (C=O) groups is 2. The number of halogens is 3. The fourth-order valence-electron chi connectivity index (χ4n) is 3.50. The van der Waals surface area contributed by atoms with Crippen LogP contribution in [0, 0.1) is 41.6 Å². The van der Waals surface area contributed by atoms with Crippen molar-refractivity contribution < 1.29 is 37.0 Å². The van der Waals surface area contributed by atoms with Gasteiger partial charge >= 0.3 is 11.9 Å². The maximum Gasteiger partial charge on any atom is 0.333 e. The minimum Gasteiger partial charge on any atom is -0.466 e. The fraction of sp³-hybridized carbons (Fsp3) is 0.524. The molecule has 1 saturated carbocycles. The van der Waals surface area contributed by atoms with Gasteiger partial charge in [0.1, 0.15) is 12.4 Å². The van der Waals surface area contributed by atoms with Crippen LogP contribution in [0.2, 0.25) is 0 Å². The van der Waals surface area contributed by atoms with Crippen LogP contribution in [0.25, 0.3) is 0 Å². The van der Waals surface area contributed by atoms with Crippen LogP contribution >= 0.6 is 0 Å². The van der Waals surface area contributed by atoms with Crippen LogP contribution in [-0.2, 0) is 37.0 Å². The molecule has 2 atom stereocenters. The van der Waals surface area contributed by atoms with Crippen LogP contribution < -0.4 is 0 Å². The standard InChI is InChI=1S/C21H25F3O5/c1-10(19(25)28-6)7-14-15(21(14,3)4)20(26)29-9-12-11(2)16(22)13(8-27-5)18(24)17(12)23/h7,14-15H,8-9H2,1-6H3/b10-7+/t14-,15+/m1/s1. The molecule has 0 saturated heterocycles. The van der Waals surface area contributed by atoms with Gasteiger partial charge in [-0.05, 0) is 30.7 Å². The summed E-state index contributed by atoms with van der Waals surface area (Å²) < 4.78 is 57.4. The Bertz CT molecular complexity index is 831. The van der Waals surface area contributed by atoms with Gasteiger partial charge in [0.2, 0.25) is 0 Å². The zero-order valence-electron chi connectivity index (χ0n) is 17.3. The van der Waals surface area contributed by atoms with Crippen molar-refractivity contribution in [1.29, 1.82) is 0 Å². The Morgan fingerprint density at radius 3 is 2.17 bits per heavy atom. The molecule has 160 valence electrons. The number of carbonyl (C=O) groups excluding carboxylic acids is 2. The summed E-state index contributed by atoms with van der Waals surface area (Å²) >= 11 is 0. The molecule has 0 unspecified atom stereocenters. The predicted molar refractivity (Wildman–Crippen MR) is 98.1 cm³/mol. The number of ether oxygens (including phenoxy) is 3. The third-order valence-electron chi connectivity index (χ3n) is 5.52. The first kappa shape index (κ1) is 22.9. The maximum atomic E-state index is 14.4. The van der Waals surface area contributed by atoms with Gasteiger partial charge in [-0.2, -0.15) is 0 Å². The molecule has 0 aliphatic heterocycles. The highest BCUT2D eigenvalue weighted by Crippen LogP contribution is 2.60. The quantitative estimate of drug-likeness (QED) is 0.384. The second-order valence-electron chi connectivity index (χ2n) is 7.73. The Morgan fingerprint density at radius 1 is 1.03 bits per heavy atom. The molecule has 0 spiro atoms. The average molecular weight is 414 g/mol. The van der Waals surface area contributed by atoms with Crippen molar-refractivity contribution in [3.63, 3.8) is 0 Å². The van der Waals surface area contributed by atoms with E-state index < -0.39 is 59.5 Å². The van der Waals surface area contributed by atoms with Gasteiger partial charge in [0.05, 0.1) is 25.2 Å². The van der Waals surface area contributed by atoms with Gasteiger partial charge in [-0.15, -0.1) is 0 Å². The van der Waals surface area contributed by atoms with Gasteiger partial charge in [-0.3, -0.25) is 4.79 Å². The summed E-state index contributed by atoms with van der Waals surface area (Å²) in [5.74, 6) is -5.52. The molecule has 8 heteroatoms. The highest BCUT2D eigenvalue weighted by molar-refractivity contribution is 5.88. The molecule has 2 rings (SSSR count). The van der Waals surface area contributed by atoms with Crippen LogP contribution in [0.3, 0.4) is 0 Å². The molecule has 1 fully saturated rings. The van der Waals surface area contributed by atoms with E-state index in [0.717, 1.165) is 0 Å². The maximum absolute atomic E-state index is 14.4. The van der Waals surface area contributed by atoms with Gasteiger partial charge in [0.15, 0.2) is 11.6 Å². The van der Waals surface area contributed by atoms with Gasteiger partial charge in [-0.25, -0.2) is 18.0 Å². The van der Waals surface area contributed by atoms with E-state index in [9.17, 15) is 22.8 Å². The fourth-order valence-corrected chi connectivity index (χ4v) is 3.50. The van der Waals surface area contributed by atoms with Crippen LogP contribution in [0.5, 0.6) is 0 Å². The Labute approximate surface area is 167 Å². The first-order valence-electron chi connectivity index (χ1n) is 9.06. The molecule has 29 heavy (non-hydrogen) atoms. The SMILES string of the molecule is COCc1c(F)c(C)c(COC(=O)[C@@H]2[C@@H](/C=C(\C)C(=O)OC)C2(C)C)c(F)c1F. The minimum absolute atomic E-state index is 0.142. The van der Waals surface area contributed by atoms with E-state index in [4.69, 9.17) is 9.47 Å². The number of allylic oxidation sites excluding steroid dienone is 1. The minimum atomic E-state index is -1.36. The molecule has 0 aromatic heterocycles. The van der Waals surface area contributed by atoms with Crippen LogP contribution in [0.15, 0.2) is 11.6 Å². The highest BCUT2D eigenvalue weighted by Gasteiger charge is 2.61. The third kappa shape index (κ3) is 4.32. The van der Waals surface area contributed by atoms with E-state index in [1.807, 2.05) is 13.8 Å². The lowest BCUT2D eigenvalue weighted by molar-refractivity contribution is -0.147. The molecule has 1 aliphatic rings. The second kappa shape index (κ2) is 8.57. The summed E-state index contributed by atoms with van der Waals surface area (Å²) in [5.41, 5.74) is -1.12. The Kier molecular flexibility index (Phi) is 6.78. The predicted octanol–water partition coefficient (Wildman–Crippen LogP) is 3.99. The number of esters is 2. The van der Waals surface area contributed by atoms with E-state index in [1.54, 1.807) is 13.0 Å². The molecule has 0 heterocycles. The summed E-state index contributed by atoms with van der Waals surface area (Å²) in [6.45, 7) is 5.50. The zero-order chi connectivity index (χ0) is 22.1. The Balaban J connectivity index is 2.17. The van der Waals surface area contributed by atoms with Crippen molar-refractivity contribution >= 4 is 11.9 Å². The van der Waals surface area contributed by atoms with Crippen molar-refractivity contribution in [3.8, 4) is 0 Å². The topological polar surface area (TPSA) is 61.8 Å². The second-order valence-corrected chi connectivity index (χ2v) is 7.73. The molecule has 1 aromatic rings. The third-order valence-corrected chi connectivity index (χ3v) is 5.52. The lowest BCUT2D eigenvalue weighted by Gasteiger charge is -2.14. The van der Waals surface area contributed by atoms with E-state index in [-0.39, 0.29) is 17.0 Å². The largest absolute Gasteiger partial charge is 0.466 e. The molecule has 1 aliphatic carbocycles. The van der Waals surface area contributed by atoms with Crippen molar-refractivity contribution in [2.75, 3.05) is 14.2 Å². The number of methoxy groups -OCH3 is 2. The van der Waals surface area contributed by atoms with Crippen LogP contribution in [-0.4, -0.2) is 26.2 Å². The smallest absolute Gasteiger partial charge is 0.333 e. The Morgan fingerprint density at radius 2 is 1.62 bits per heavy atom. The molecule has 5 nitrogen and oxygen atoms in total. The molecule has 0 bridgehead atoms. The van der Waals surface area contributed by atoms with Gasteiger partial charge in [-0.1, -0.05) is 19.9 Å². The summed E-state index contributed by atoms with van der Waals surface area (Å²) in [4.78, 5) is 24.0. The number of benzene rings is 1. The van der Waals surface area contributed by atoms with E-state index in [1.165, 1.54) is 21.1 Å². The zero-order valence-corrected chi connectivity index (χ0v) is 17.3. The summed E-state index contributed by atoms with van der Waals surface area (Å²) in [7, 11) is 2.50. The molecule has 0 N–H and O–H groups in total. The van der Waals surface area contributed by atoms with Crippen molar-refractivity contribution in [2.24, 2.45) is 17.3 Å². The summed E-state index contributed by atoms with van der Waals surface area (Å²) in [5, 5.41) is 0. The van der Waals surface area contributed by atoms with Crippen LogP contribution in [0.1, 0.15) is 37.5 Å². The monoisotopic (exact) mass is 414 g/mol. The number of hydrogen-bond donors (Lipinski definition) is 0.